The molecule has 1 amide bonds. The summed E-state index contributed by atoms with van der Waals surface area (Å²) in [6.45, 7) is 1.58. The maximum absolute atomic E-state index is 14.3. The molecule has 0 aromatic heterocycles. The second-order valence-corrected chi connectivity index (χ2v) is 11.2. The number of sulfone groups is 1. The average Bonchev–Trinajstić information content (AvgIpc) is 3.11. The summed E-state index contributed by atoms with van der Waals surface area (Å²) in [7, 11) is -3.26. The molecule has 0 spiro atoms. The lowest BCUT2D eigenvalue weighted by Gasteiger charge is -2.31. The Morgan fingerprint density at radius 1 is 1.18 bits per heavy atom. The summed E-state index contributed by atoms with van der Waals surface area (Å²) in [6.07, 6.45) is -5.58. The quantitative estimate of drug-likeness (QED) is 0.641. The third kappa shape index (κ3) is 4.08. The number of hydrogen-bond acceptors (Lipinski definition) is 5. The largest absolute Gasteiger partial charge is 0.435 e. The second-order valence-electron chi connectivity index (χ2n) is 8.13. The highest BCUT2D eigenvalue weighted by molar-refractivity contribution is 7.92. The zero-order valence-corrected chi connectivity index (χ0v) is 19.4. The zero-order chi connectivity index (χ0) is 24.3. The van der Waals surface area contributed by atoms with Crippen LogP contribution in [0.5, 0.6) is 0 Å². The molecule has 2 heterocycles. The van der Waals surface area contributed by atoms with Crippen LogP contribution < -0.4 is 5.73 Å². The van der Waals surface area contributed by atoms with Crippen molar-refractivity contribution in [3.63, 3.8) is 0 Å². The van der Waals surface area contributed by atoms with Crippen molar-refractivity contribution < 1.29 is 31.2 Å². The van der Waals surface area contributed by atoms with Gasteiger partial charge in [-0.15, -0.1) is 0 Å². The fourth-order valence-corrected chi connectivity index (χ4v) is 6.33. The van der Waals surface area contributed by atoms with Crippen LogP contribution in [0.2, 0.25) is 10.0 Å². The minimum absolute atomic E-state index is 0.000180. The SMILES string of the molecule is Cc1c(C(N)=O)ccc(C2=NOC(c3cc(Cl)cc(Cl)c3)(C(F)(F)F)C2)c1C1CS(=O)(=O)C1. The Labute approximate surface area is 197 Å². The van der Waals surface area contributed by atoms with Gasteiger partial charge in [0.25, 0.3) is 5.60 Å². The van der Waals surface area contributed by atoms with E-state index >= 15 is 0 Å². The highest BCUT2D eigenvalue weighted by atomic mass is 35.5. The number of halogens is 5. The number of amides is 1. The number of nitrogens with zero attached hydrogens (tertiary/aromatic N) is 1. The van der Waals surface area contributed by atoms with Gasteiger partial charge in [0, 0.05) is 39.1 Å². The van der Waals surface area contributed by atoms with Gasteiger partial charge in [0.15, 0.2) is 9.84 Å². The molecule has 12 heteroatoms. The highest BCUT2D eigenvalue weighted by Gasteiger charge is 2.62. The summed E-state index contributed by atoms with van der Waals surface area (Å²) in [5, 5.41) is 3.76. The van der Waals surface area contributed by atoms with Crippen molar-refractivity contribution in [2.24, 2.45) is 10.9 Å². The minimum Gasteiger partial charge on any atom is -0.374 e. The first kappa shape index (κ1) is 23.8. The third-order valence-corrected chi connectivity index (χ3v) is 8.18. The molecule has 1 atom stereocenters. The number of rotatable bonds is 4. The topological polar surface area (TPSA) is 98.8 Å². The van der Waals surface area contributed by atoms with Gasteiger partial charge in [-0.1, -0.05) is 34.4 Å². The molecule has 1 fully saturated rings. The Kier molecular flexibility index (Phi) is 5.70. The molecule has 2 aliphatic heterocycles. The lowest BCUT2D eigenvalue weighted by Crippen LogP contribution is -2.43. The van der Waals surface area contributed by atoms with Crippen LogP contribution in [0.4, 0.5) is 13.2 Å². The van der Waals surface area contributed by atoms with E-state index in [1.165, 1.54) is 18.2 Å². The monoisotopic (exact) mass is 520 g/mol. The highest BCUT2D eigenvalue weighted by Crippen LogP contribution is 2.50. The van der Waals surface area contributed by atoms with Crippen LogP contribution in [-0.4, -0.2) is 37.7 Å². The van der Waals surface area contributed by atoms with Crippen LogP contribution >= 0.6 is 23.2 Å². The summed E-state index contributed by atoms with van der Waals surface area (Å²) < 4.78 is 66.5. The first-order valence-corrected chi connectivity index (χ1v) is 12.2. The van der Waals surface area contributed by atoms with Gasteiger partial charge < -0.3 is 10.6 Å². The normalized spacial score (nSPS) is 22.4. The van der Waals surface area contributed by atoms with Gasteiger partial charge in [0.2, 0.25) is 5.91 Å². The number of benzene rings is 2. The summed E-state index contributed by atoms with van der Waals surface area (Å²) in [4.78, 5) is 16.9. The van der Waals surface area contributed by atoms with E-state index in [4.69, 9.17) is 33.8 Å². The van der Waals surface area contributed by atoms with Gasteiger partial charge in [-0.25, -0.2) is 8.42 Å². The first-order valence-electron chi connectivity index (χ1n) is 9.66. The lowest BCUT2D eigenvalue weighted by atomic mass is 9.82. The first-order chi connectivity index (χ1) is 15.2. The number of alkyl halides is 3. The van der Waals surface area contributed by atoms with Crippen molar-refractivity contribution in [3.8, 4) is 0 Å². The van der Waals surface area contributed by atoms with Crippen molar-refractivity contribution >= 4 is 44.7 Å². The van der Waals surface area contributed by atoms with Gasteiger partial charge in [0.1, 0.15) is 0 Å². The number of primary amides is 1. The van der Waals surface area contributed by atoms with Gasteiger partial charge >= 0.3 is 6.18 Å². The van der Waals surface area contributed by atoms with Crippen molar-refractivity contribution in [1.82, 2.24) is 0 Å². The fourth-order valence-electron chi connectivity index (χ4n) is 4.34. The molecule has 2 aliphatic rings. The van der Waals surface area contributed by atoms with E-state index in [1.807, 2.05) is 0 Å². The summed E-state index contributed by atoms with van der Waals surface area (Å²) in [5.74, 6) is -1.62. The van der Waals surface area contributed by atoms with Crippen molar-refractivity contribution in [2.45, 2.75) is 31.0 Å². The Morgan fingerprint density at radius 3 is 2.30 bits per heavy atom. The van der Waals surface area contributed by atoms with E-state index in [9.17, 15) is 26.4 Å². The van der Waals surface area contributed by atoms with E-state index in [0.717, 1.165) is 12.1 Å². The maximum Gasteiger partial charge on any atom is 0.435 e. The van der Waals surface area contributed by atoms with Crippen molar-refractivity contribution in [1.29, 1.82) is 0 Å². The van der Waals surface area contributed by atoms with E-state index < -0.39 is 39.9 Å². The molecular weight excluding hydrogens is 504 g/mol. The minimum atomic E-state index is -4.88. The smallest absolute Gasteiger partial charge is 0.374 e. The van der Waals surface area contributed by atoms with Crippen molar-refractivity contribution in [2.75, 3.05) is 11.5 Å². The van der Waals surface area contributed by atoms with Gasteiger partial charge in [-0.2, -0.15) is 13.2 Å². The van der Waals surface area contributed by atoms with Crippen LogP contribution in [0.1, 0.15) is 45.0 Å². The van der Waals surface area contributed by atoms with Crippen LogP contribution in [0, 0.1) is 6.92 Å². The van der Waals surface area contributed by atoms with Gasteiger partial charge in [0.05, 0.1) is 17.2 Å². The number of carbonyl (C=O) groups is 1. The third-order valence-electron chi connectivity index (χ3n) is 5.92. The Hall–Kier alpha value is -2.30. The molecule has 0 aliphatic carbocycles. The van der Waals surface area contributed by atoms with Crippen molar-refractivity contribution in [3.05, 3.63) is 68.2 Å². The summed E-state index contributed by atoms with van der Waals surface area (Å²) in [6, 6.07) is 6.33. The van der Waals surface area contributed by atoms with E-state index in [1.54, 1.807) is 6.92 Å². The lowest BCUT2D eigenvalue weighted by molar-refractivity contribution is -0.275. The van der Waals surface area contributed by atoms with Gasteiger partial charge in [-0.05, 0) is 42.3 Å². The van der Waals surface area contributed by atoms with Crippen LogP contribution in [0.25, 0.3) is 0 Å². The van der Waals surface area contributed by atoms with E-state index in [-0.39, 0.29) is 44.0 Å². The molecule has 6 nitrogen and oxygen atoms in total. The molecule has 4 rings (SSSR count). The molecule has 1 unspecified atom stereocenters. The van der Waals surface area contributed by atoms with E-state index in [2.05, 4.69) is 5.16 Å². The molecule has 2 aromatic rings. The number of carbonyl (C=O) groups excluding carboxylic acids is 1. The molecular formula is C21H17Cl2F3N2O4S. The second kappa shape index (κ2) is 7.89. The molecule has 0 saturated carbocycles. The Morgan fingerprint density at radius 2 is 1.79 bits per heavy atom. The molecule has 2 N–H and O–H groups in total. The van der Waals surface area contributed by atoms with E-state index in [0.29, 0.717) is 11.1 Å². The molecule has 0 radical (unpaired) electrons. The predicted octanol–water partition coefficient (Wildman–Crippen LogP) is 4.49. The Bertz CT molecular complexity index is 1280. The average molecular weight is 521 g/mol. The molecule has 0 bridgehead atoms. The molecule has 176 valence electrons. The fraction of sp³-hybridized carbons (Fsp3) is 0.333. The van der Waals surface area contributed by atoms with Crippen LogP contribution in [0.15, 0.2) is 35.5 Å². The number of hydrogen-bond donors (Lipinski definition) is 1. The number of nitrogens with two attached hydrogens (primary N) is 1. The predicted molar refractivity (Wildman–Crippen MR) is 118 cm³/mol. The molecule has 33 heavy (non-hydrogen) atoms. The van der Waals surface area contributed by atoms with Crippen LogP contribution in [0.3, 0.4) is 0 Å². The zero-order valence-electron chi connectivity index (χ0n) is 17.0. The Balaban J connectivity index is 1.82. The summed E-state index contributed by atoms with van der Waals surface area (Å²) in [5.41, 5.74) is 3.48. The number of oxime groups is 1. The molecule has 2 aromatic carbocycles. The van der Waals surface area contributed by atoms with Gasteiger partial charge in [-0.3, -0.25) is 4.79 Å². The van der Waals surface area contributed by atoms with Crippen LogP contribution in [-0.2, 0) is 20.3 Å². The maximum atomic E-state index is 14.3. The molecule has 1 saturated heterocycles. The summed E-state index contributed by atoms with van der Waals surface area (Å²) >= 11 is 11.9. The standard InChI is InChI=1S/C21H17Cl2F3N2O4S/c1-10-15(19(27)29)2-3-16(18(10)11-8-33(30,31)9-11)17-7-20(32-28-17,21(24,25)26)12-4-13(22)6-14(23)5-12/h2-6,11H,7-9H2,1H3,(H2,27,29).